The fourth-order valence-corrected chi connectivity index (χ4v) is 7.02. The topological polar surface area (TPSA) is 18.5 Å². The van der Waals surface area contributed by atoms with Gasteiger partial charge in [-0.05, 0) is 36.4 Å². The maximum atomic E-state index is 6.13. The molecule has 0 fully saturated rings. The second-order valence-electron chi connectivity index (χ2n) is 8.96. The molecule has 4 heteroatoms. The first-order valence-electron chi connectivity index (χ1n) is 12.3. The van der Waals surface area contributed by atoms with Crippen molar-refractivity contribution in [1.29, 1.82) is 0 Å². The van der Waals surface area contributed by atoms with E-state index < -0.39 is 8.56 Å². The molecule has 0 amide bonds. The summed E-state index contributed by atoms with van der Waals surface area (Å²) in [7, 11) is 1.50. The van der Waals surface area contributed by atoms with Crippen LogP contribution in [0.4, 0.5) is 0 Å². The number of benzene rings is 1. The Morgan fingerprint density at radius 2 is 1.50 bits per heavy atom. The summed E-state index contributed by atoms with van der Waals surface area (Å²) in [5.41, 5.74) is 3.16. The molecule has 0 aliphatic carbocycles. The molecule has 2 atom stereocenters. The Morgan fingerprint density at radius 3 is 2.03 bits per heavy atom. The van der Waals surface area contributed by atoms with E-state index in [1.807, 2.05) is 14.2 Å². The molecule has 0 aliphatic heterocycles. The lowest BCUT2D eigenvalue weighted by molar-refractivity contribution is 0.229. The molecule has 0 saturated carbocycles. The highest BCUT2D eigenvalue weighted by Gasteiger charge is 2.39. The molecular formula is C26H47ClO2Si. The smallest absolute Gasteiger partial charge is 0.337 e. The predicted molar refractivity (Wildman–Crippen MR) is 135 cm³/mol. The first-order valence-corrected chi connectivity index (χ1v) is 15.2. The minimum Gasteiger partial charge on any atom is -0.398 e. The standard InChI is InChI=1S/C26H47ClO2Si/c1-6-8-9-10-11-12-13-14-15-18-25(24-19-16-17-23(20-24)22-27)21-26(7-2)30(5,28-3)29-4/h16-17,19-20,25-26H,6-15,18,21-22H2,1-5H3. The zero-order valence-corrected chi connectivity index (χ0v) is 22.1. The molecule has 174 valence electrons. The third kappa shape index (κ3) is 9.85. The van der Waals surface area contributed by atoms with E-state index in [0.717, 1.165) is 12.8 Å². The number of halogens is 1. The second-order valence-corrected chi connectivity index (χ2v) is 12.9. The van der Waals surface area contributed by atoms with Crippen molar-refractivity contribution >= 4 is 20.2 Å². The highest BCUT2D eigenvalue weighted by atomic mass is 35.5. The molecule has 0 saturated heterocycles. The Bertz CT molecular complexity index is 548. The number of hydrogen-bond donors (Lipinski definition) is 0. The van der Waals surface area contributed by atoms with Gasteiger partial charge < -0.3 is 8.85 Å². The zero-order valence-electron chi connectivity index (χ0n) is 20.4. The highest BCUT2D eigenvalue weighted by Crippen LogP contribution is 2.39. The molecule has 1 aromatic rings. The lowest BCUT2D eigenvalue weighted by atomic mass is 9.87. The predicted octanol–water partition coefficient (Wildman–Crippen LogP) is 8.97. The van der Waals surface area contributed by atoms with E-state index in [1.165, 1.54) is 75.3 Å². The van der Waals surface area contributed by atoms with Gasteiger partial charge in [0.05, 0.1) is 0 Å². The molecule has 1 rings (SSSR count). The quantitative estimate of drug-likeness (QED) is 0.125. The molecule has 30 heavy (non-hydrogen) atoms. The summed E-state index contributed by atoms with van der Waals surface area (Å²) < 4.78 is 11.8. The summed E-state index contributed by atoms with van der Waals surface area (Å²) in [5, 5.41) is 0. The Balaban J connectivity index is 2.67. The van der Waals surface area contributed by atoms with Gasteiger partial charge in [-0.2, -0.15) is 0 Å². The van der Waals surface area contributed by atoms with Gasteiger partial charge >= 0.3 is 8.56 Å². The van der Waals surface area contributed by atoms with E-state index in [-0.39, 0.29) is 0 Å². The summed E-state index contributed by atoms with van der Waals surface area (Å²) in [6, 6.07) is 8.91. The molecule has 0 N–H and O–H groups in total. The molecule has 0 aromatic heterocycles. The first-order chi connectivity index (χ1) is 14.5. The van der Waals surface area contributed by atoms with Gasteiger partial charge in [-0.25, -0.2) is 0 Å². The molecular weight excluding hydrogens is 408 g/mol. The largest absolute Gasteiger partial charge is 0.398 e. The average Bonchev–Trinajstić information content (AvgIpc) is 2.79. The zero-order chi connectivity index (χ0) is 22.2. The third-order valence-corrected chi connectivity index (χ3v) is 10.9. The van der Waals surface area contributed by atoms with Gasteiger partial charge in [-0.1, -0.05) is 102 Å². The van der Waals surface area contributed by atoms with Crippen LogP contribution in [0, 0.1) is 0 Å². The van der Waals surface area contributed by atoms with Crippen molar-refractivity contribution in [2.75, 3.05) is 14.2 Å². The maximum absolute atomic E-state index is 6.13. The molecule has 0 aliphatic rings. The summed E-state index contributed by atoms with van der Waals surface area (Å²) in [6.07, 6.45) is 15.9. The van der Waals surface area contributed by atoms with E-state index in [1.54, 1.807) is 0 Å². The van der Waals surface area contributed by atoms with Gasteiger partial charge in [0, 0.05) is 25.6 Å². The van der Waals surface area contributed by atoms with E-state index in [2.05, 4.69) is 44.7 Å². The van der Waals surface area contributed by atoms with Crippen LogP contribution in [0.3, 0.4) is 0 Å². The molecule has 0 bridgehead atoms. The summed E-state index contributed by atoms with van der Waals surface area (Å²) >= 11 is 6.13. The molecule has 0 heterocycles. The first kappa shape index (κ1) is 27.7. The molecule has 2 nitrogen and oxygen atoms in total. The van der Waals surface area contributed by atoms with Crippen LogP contribution in [-0.4, -0.2) is 22.8 Å². The summed E-state index contributed by atoms with van der Waals surface area (Å²) in [4.78, 5) is 0. The van der Waals surface area contributed by atoms with E-state index >= 15 is 0 Å². The normalized spacial score (nSPS) is 14.1. The van der Waals surface area contributed by atoms with Crippen molar-refractivity contribution in [3.63, 3.8) is 0 Å². The SMILES string of the molecule is CCCCCCCCCCCC(CC(CC)[Si](C)(OC)OC)c1cccc(CCl)c1. The lowest BCUT2D eigenvalue weighted by Gasteiger charge is -2.34. The fraction of sp³-hybridized carbons (Fsp3) is 0.769. The number of alkyl halides is 1. The van der Waals surface area contributed by atoms with Gasteiger partial charge in [0.25, 0.3) is 0 Å². The van der Waals surface area contributed by atoms with E-state index in [0.29, 0.717) is 17.3 Å². The van der Waals surface area contributed by atoms with Gasteiger partial charge in [-0.15, -0.1) is 11.6 Å². The van der Waals surface area contributed by atoms with E-state index in [9.17, 15) is 0 Å². The fourth-order valence-electron chi connectivity index (χ4n) is 4.56. The minimum absolute atomic E-state index is 0.496. The van der Waals surface area contributed by atoms with Crippen LogP contribution in [0.1, 0.15) is 108 Å². The summed E-state index contributed by atoms with van der Waals surface area (Å²) in [5.74, 6) is 1.14. The second kappa shape index (κ2) is 16.3. The van der Waals surface area contributed by atoms with Gasteiger partial charge in [0.2, 0.25) is 0 Å². The molecule has 1 aromatic carbocycles. The van der Waals surface area contributed by atoms with Gasteiger partial charge in [0.1, 0.15) is 0 Å². The molecule has 0 radical (unpaired) electrons. The van der Waals surface area contributed by atoms with Crippen molar-refractivity contribution in [3.05, 3.63) is 35.4 Å². The Kier molecular flexibility index (Phi) is 15.0. The van der Waals surface area contributed by atoms with Gasteiger partial charge in [-0.3, -0.25) is 0 Å². The molecule has 0 spiro atoms. The number of hydrogen-bond acceptors (Lipinski definition) is 2. The average molecular weight is 455 g/mol. The van der Waals surface area contributed by atoms with Crippen molar-refractivity contribution in [2.45, 2.75) is 115 Å². The van der Waals surface area contributed by atoms with Crippen molar-refractivity contribution in [1.82, 2.24) is 0 Å². The van der Waals surface area contributed by atoms with Crippen molar-refractivity contribution in [3.8, 4) is 0 Å². The minimum atomic E-state index is -2.15. The van der Waals surface area contributed by atoms with Crippen LogP contribution in [0.5, 0.6) is 0 Å². The van der Waals surface area contributed by atoms with Crippen molar-refractivity contribution in [2.24, 2.45) is 0 Å². The Morgan fingerprint density at radius 1 is 0.900 bits per heavy atom. The van der Waals surface area contributed by atoms with Crippen molar-refractivity contribution < 1.29 is 8.85 Å². The van der Waals surface area contributed by atoms with Crippen LogP contribution in [0.15, 0.2) is 24.3 Å². The van der Waals surface area contributed by atoms with E-state index in [4.69, 9.17) is 20.5 Å². The van der Waals surface area contributed by atoms with Crippen LogP contribution in [0.25, 0.3) is 0 Å². The molecule has 2 unspecified atom stereocenters. The van der Waals surface area contributed by atoms with Crippen LogP contribution >= 0.6 is 11.6 Å². The van der Waals surface area contributed by atoms with Gasteiger partial charge in [0.15, 0.2) is 0 Å². The number of rotatable bonds is 18. The monoisotopic (exact) mass is 454 g/mol. The lowest BCUT2D eigenvalue weighted by Crippen LogP contribution is -2.42. The van der Waals surface area contributed by atoms with Crippen LogP contribution in [0.2, 0.25) is 12.1 Å². The Labute approximate surface area is 193 Å². The van der Waals surface area contributed by atoms with Crippen LogP contribution in [-0.2, 0) is 14.7 Å². The Hall–Kier alpha value is -0.353. The number of unbranched alkanes of at least 4 members (excludes halogenated alkanes) is 8. The van der Waals surface area contributed by atoms with Crippen LogP contribution < -0.4 is 0 Å². The third-order valence-electron chi connectivity index (χ3n) is 6.85. The maximum Gasteiger partial charge on any atom is 0.337 e. The highest BCUT2D eigenvalue weighted by molar-refractivity contribution is 6.67. The summed E-state index contributed by atoms with van der Waals surface area (Å²) in [6.45, 7) is 6.78.